The highest BCUT2D eigenvalue weighted by Gasteiger charge is 2.67. The van der Waals surface area contributed by atoms with E-state index < -0.39 is 5.41 Å². The Hall–Kier alpha value is -2.38. The van der Waals surface area contributed by atoms with Gasteiger partial charge in [0, 0.05) is 24.9 Å². The van der Waals surface area contributed by atoms with Crippen molar-refractivity contribution in [2.45, 2.75) is 36.8 Å². The summed E-state index contributed by atoms with van der Waals surface area (Å²) in [5, 5.41) is 0. The Bertz CT molecular complexity index is 1020. The fourth-order valence-electron chi connectivity index (χ4n) is 7.01. The summed E-state index contributed by atoms with van der Waals surface area (Å²) in [6.07, 6.45) is 3.56. The van der Waals surface area contributed by atoms with E-state index in [2.05, 4.69) is 18.0 Å². The molecule has 4 aliphatic heterocycles. The normalized spacial score (nSPS) is 36.2. The zero-order valence-corrected chi connectivity index (χ0v) is 18.2. The van der Waals surface area contributed by atoms with Crippen LogP contribution in [0.15, 0.2) is 23.8 Å². The maximum Gasteiger partial charge on any atom is 0.229 e. The van der Waals surface area contributed by atoms with Gasteiger partial charge in [0.15, 0.2) is 11.5 Å². The van der Waals surface area contributed by atoms with Crippen LogP contribution in [0.1, 0.15) is 24.8 Å². The second kappa shape index (κ2) is 6.56. The number of nitrogens with zero attached hydrogens (tertiary/aromatic N) is 2. The molecule has 2 saturated heterocycles. The molecule has 6 rings (SSSR count). The Kier molecular flexibility index (Phi) is 4.09. The van der Waals surface area contributed by atoms with Crippen molar-refractivity contribution in [1.29, 1.82) is 0 Å². The highest BCUT2D eigenvalue weighted by atomic mass is 16.5. The Morgan fingerprint density at radius 3 is 2.68 bits per heavy atom. The third-order valence-corrected chi connectivity index (χ3v) is 8.30. The van der Waals surface area contributed by atoms with Gasteiger partial charge in [-0.2, -0.15) is 0 Å². The van der Waals surface area contributed by atoms with Gasteiger partial charge in [0.1, 0.15) is 5.78 Å². The molecule has 0 aromatic heterocycles. The molecular formula is C24H28N2O5. The number of fused-ring (bicyclic) bond motifs is 2. The van der Waals surface area contributed by atoms with Crippen LogP contribution in [0.5, 0.6) is 11.5 Å². The van der Waals surface area contributed by atoms with Crippen LogP contribution < -0.4 is 14.4 Å². The van der Waals surface area contributed by atoms with E-state index in [9.17, 15) is 9.59 Å². The molecule has 4 bridgehead atoms. The third-order valence-electron chi connectivity index (χ3n) is 8.30. The van der Waals surface area contributed by atoms with Crippen LogP contribution in [0, 0.1) is 11.8 Å². The molecule has 1 aromatic carbocycles. The minimum Gasteiger partial charge on any atom is -0.493 e. The Balaban J connectivity index is 1.65. The van der Waals surface area contributed by atoms with Gasteiger partial charge >= 0.3 is 0 Å². The molecule has 0 spiro atoms. The van der Waals surface area contributed by atoms with E-state index in [0.29, 0.717) is 37.4 Å². The smallest absolute Gasteiger partial charge is 0.229 e. The first-order valence-corrected chi connectivity index (χ1v) is 11.1. The first-order valence-electron chi connectivity index (χ1n) is 11.1. The first kappa shape index (κ1) is 19.3. The first-order chi connectivity index (χ1) is 15.0. The highest BCUT2D eigenvalue weighted by Crippen LogP contribution is 2.61. The molecule has 3 fully saturated rings. The lowest BCUT2D eigenvalue weighted by Gasteiger charge is -2.53. The van der Waals surface area contributed by atoms with Gasteiger partial charge in [-0.3, -0.25) is 9.59 Å². The number of benzene rings is 1. The molecule has 164 valence electrons. The van der Waals surface area contributed by atoms with Crippen molar-refractivity contribution < 1.29 is 23.8 Å². The van der Waals surface area contributed by atoms with Gasteiger partial charge in [-0.05, 0) is 37.6 Å². The van der Waals surface area contributed by atoms with Gasteiger partial charge in [0.2, 0.25) is 5.91 Å². The molecule has 5 aliphatic rings. The van der Waals surface area contributed by atoms with Crippen LogP contribution >= 0.6 is 0 Å². The van der Waals surface area contributed by atoms with Crippen molar-refractivity contribution in [3.63, 3.8) is 0 Å². The summed E-state index contributed by atoms with van der Waals surface area (Å²) in [7, 11) is 5.32. The lowest BCUT2D eigenvalue weighted by molar-refractivity contribution is -0.140. The van der Waals surface area contributed by atoms with Crippen LogP contribution in [0.4, 0.5) is 5.69 Å². The monoisotopic (exact) mass is 424 g/mol. The zero-order valence-electron chi connectivity index (χ0n) is 18.2. The maximum absolute atomic E-state index is 14.0. The minimum atomic E-state index is -0.734. The fraction of sp³-hybridized carbons (Fsp3) is 0.583. The van der Waals surface area contributed by atoms with Crippen LogP contribution in [0.3, 0.4) is 0 Å². The van der Waals surface area contributed by atoms with Crippen molar-refractivity contribution in [1.82, 2.24) is 4.90 Å². The summed E-state index contributed by atoms with van der Waals surface area (Å²) < 4.78 is 17.4. The number of anilines is 1. The van der Waals surface area contributed by atoms with Gasteiger partial charge in [0.05, 0.1) is 50.5 Å². The summed E-state index contributed by atoms with van der Waals surface area (Å²) >= 11 is 0. The average Bonchev–Trinajstić information content (AvgIpc) is 2.99. The number of ketones is 1. The fourth-order valence-corrected chi connectivity index (χ4v) is 7.01. The van der Waals surface area contributed by atoms with E-state index in [1.54, 1.807) is 14.2 Å². The summed E-state index contributed by atoms with van der Waals surface area (Å²) in [6, 6.07) is 3.61. The standard InChI is InChI=1S/C24H28N2O5/c1-25-6-5-24-15-9-17(29-2)18(30-3)10-16(15)26-21(28)11-19-22(23(24)26)14(8-20(24)27)13(12-25)4-7-31-19/h4,9-10,14,19,22-23H,5-8,11-12H2,1-3H3/t14-,19-,22+,23-,24+/m1/s1. The van der Waals surface area contributed by atoms with E-state index in [1.807, 2.05) is 17.0 Å². The number of Topliss-reactive ketones (excluding diaryl/α,β-unsaturated/α-hetero) is 1. The molecule has 0 radical (unpaired) electrons. The van der Waals surface area contributed by atoms with Crippen molar-refractivity contribution in [3.05, 3.63) is 29.3 Å². The summed E-state index contributed by atoms with van der Waals surface area (Å²) in [5.74, 6) is 1.68. The molecule has 1 aliphatic carbocycles. The summed E-state index contributed by atoms with van der Waals surface area (Å²) in [6.45, 7) is 2.15. The highest BCUT2D eigenvalue weighted by molar-refractivity contribution is 6.06. The number of rotatable bonds is 2. The largest absolute Gasteiger partial charge is 0.493 e. The molecule has 7 heteroatoms. The van der Waals surface area contributed by atoms with Crippen molar-refractivity contribution in [2.24, 2.45) is 11.8 Å². The van der Waals surface area contributed by atoms with Gasteiger partial charge < -0.3 is 24.0 Å². The SMILES string of the molecule is COc1cc2c(cc1OC)[C@]13CCN(C)CC4=CCO[C@@H]5CC(=O)N2[C@@H]1[C@H]5[C@@H]4CC3=O. The van der Waals surface area contributed by atoms with Gasteiger partial charge in [-0.15, -0.1) is 0 Å². The lowest BCUT2D eigenvalue weighted by atomic mass is 9.55. The Labute approximate surface area is 181 Å². The molecule has 4 heterocycles. The summed E-state index contributed by atoms with van der Waals surface area (Å²) in [4.78, 5) is 31.7. The van der Waals surface area contributed by atoms with Crippen molar-refractivity contribution >= 4 is 17.4 Å². The quantitative estimate of drug-likeness (QED) is 0.676. The predicted octanol–water partition coefficient (Wildman–Crippen LogP) is 1.93. The predicted molar refractivity (Wildman–Crippen MR) is 114 cm³/mol. The second-order valence-corrected chi connectivity index (χ2v) is 9.56. The second-order valence-electron chi connectivity index (χ2n) is 9.56. The van der Waals surface area contributed by atoms with Crippen LogP contribution in [0.25, 0.3) is 0 Å². The molecule has 1 saturated carbocycles. The summed E-state index contributed by atoms with van der Waals surface area (Å²) in [5.41, 5.74) is 2.27. The molecule has 1 amide bonds. The third kappa shape index (κ3) is 2.36. The number of carbonyl (C=O) groups excluding carboxylic acids is 2. The topological polar surface area (TPSA) is 68.3 Å². The minimum absolute atomic E-state index is 0.0334. The molecule has 7 nitrogen and oxygen atoms in total. The molecule has 5 atom stereocenters. The molecule has 0 unspecified atom stereocenters. The number of methoxy groups -OCH3 is 2. The van der Waals surface area contributed by atoms with Crippen LogP contribution in [-0.2, 0) is 19.7 Å². The maximum atomic E-state index is 14.0. The average molecular weight is 424 g/mol. The number of likely N-dealkylation sites (N-methyl/N-ethyl adjacent to an activating group) is 1. The number of carbonyl (C=O) groups is 2. The van der Waals surface area contributed by atoms with E-state index >= 15 is 0 Å². The number of piperidine rings is 1. The number of hydrogen-bond donors (Lipinski definition) is 0. The van der Waals surface area contributed by atoms with Crippen molar-refractivity contribution in [2.75, 3.05) is 45.9 Å². The van der Waals surface area contributed by atoms with Gasteiger partial charge in [-0.1, -0.05) is 11.6 Å². The molecule has 1 aromatic rings. The Morgan fingerprint density at radius 2 is 1.90 bits per heavy atom. The van der Waals surface area contributed by atoms with Gasteiger partial charge in [0.25, 0.3) is 0 Å². The van der Waals surface area contributed by atoms with Crippen molar-refractivity contribution in [3.8, 4) is 11.5 Å². The molecular weight excluding hydrogens is 396 g/mol. The van der Waals surface area contributed by atoms with Gasteiger partial charge in [-0.25, -0.2) is 0 Å². The number of hydrogen-bond acceptors (Lipinski definition) is 6. The zero-order chi connectivity index (χ0) is 21.5. The number of ether oxygens (including phenoxy) is 3. The van der Waals surface area contributed by atoms with E-state index in [0.717, 1.165) is 24.3 Å². The van der Waals surface area contributed by atoms with Crippen LogP contribution in [0.2, 0.25) is 0 Å². The Morgan fingerprint density at radius 1 is 1.13 bits per heavy atom. The number of amides is 1. The van der Waals surface area contributed by atoms with Crippen LogP contribution in [-0.4, -0.2) is 69.7 Å². The lowest BCUT2D eigenvalue weighted by Crippen LogP contribution is -2.66. The molecule has 31 heavy (non-hydrogen) atoms. The van der Waals surface area contributed by atoms with E-state index in [4.69, 9.17) is 14.2 Å². The van der Waals surface area contributed by atoms with E-state index in [1.165, 1.54) is 5.57 Å². The van der Waals surface area contributed by atoms with E-state index in [-0.39, 0.29) is 35.7 Å². The molecule has 0 N–H and O–H groups in total.